The van der Waals surface area contributed by atoms with Crippen molar-refractivity contribution in [3.8, 4) is 0 Å². The Bertz CT molecular complexity index is 404. The van der Waals surface area contributed by atoms with Gasteiger partial charge in [0.15, 0.2) is 0 Å². The second-order valence-electron chi connectivity index (χ2n) is 4.90. The Morgan fingerprint density at radius 3 is 2.53 bits per heavy atom. The van der Waals surface area contributed by atoms with Gasteiger partial charge in [-0.15, -0.1) is 0 Å². The van der Waals surface area contributed by atoms with Crippen molar-refractivity contribution >= 4 is 5.91 Å². The Morgan fingerprint density at radius 2 is 2.18 bits per heavy atom. The first-order chi connectivity index (χ1) is 7.76. The van der Waals surface area contributed by atoms with Gasteiger partial charge in [0.2, 0.25) is 0 Å². The molecule has 5 heteroatoms. The normalized spacial score (nSPS) is 11.6. The highest BCUT2D eigenvalue weighted by Crippen LogP contribution is 2.12. The van der Waals surface area contributed by atoms with Crippen molar-refractivity contribution in [2.75, 3.05) is 13.1 Å². The number of nitrogens with zero attached hydrogens (tertiary/aromatic N) is 3. The van der Waals surface area contributed by atoms with Crippen LogP contribution in [0.4, 0.5) is 0 Å². The monoisotopic (exact) mass is 239 g/mol. The molecule has 0 fully saturated rings. The fourth-order valence-electron chi connectivity index (χ4n) is 1.67. The van der Waals surface area contributed by atoms with E-state index in [1.807, 2.05) is 13.8 Å². The molecule has 5 nitrogen and oxygen atoms in total. The summed E-state index contributed by atoms with van der Waals surface area (Å²) in [4.78, 5) is 13.9. The fraction of sp³-hybridized carbons (Fsp3) is 0.667. The zero-order chi connectivity index (χ0) is 13.2. The van der Waals surface area contributed by atoms with Crippen LogP contribution in [0.5, 0.6) is 0 Å². The lowest BCUT2D eigenvalue weighted by molar-refractivity contribution is 0.0314. The summed E-state index contributed by atoms with van der Waals surface area (Å²) in [6.45, 7) is 8.03. The molecule has 1 aromatic heterocycles. The molecule has 0 radical (unpaired) electrons. The Labute approximate surface area is 102 Å². The van der Waals surface area contributed by atoms with Crippen LogP contribution in [0, 0.1) is 6.92 Å². The number of carbonyl (C=O) groups excluding carboxylic acids is 1. The molecular weight excluding hydrogens is 218 g/mol. The first-order valence-corrected chi connectivity index (χ1v) is 5.76. The molecule has 0 unspecified atom stereocenters. The van der Waals surface area contributed by atoms with E-state index in [4.69, 9.17) is 0 Å². The maximum Gasteiger partial charge on any atom is 0.257 e. The summed E-state index contributed by atoms with van der Waals surface area (Å²) in [6, 6.07) is 0. The molecule has 17 heavy (non-hydrogen) atoms. The van der Waals surface area contributed by atoms with Crippen LogP contribution < -0.4 is 0 Å². The minimum Gasteiger partial charge on any atom is -0.389 e. The number of carbonyl (C=O) groups is 1. The van der Waals surface area contributed by atoms with Gasteiger partial charge in [0.1, 0.15) is 0 Å². The molecule has 0 bridgehead atoms. The molecule has 0 aromatic carbocycles. The first-order valence-electron chi connectivity index (χ1n) is 5.76. The largest absolute Gasteiger partial charge is 0.389 e. The van der Waals surface area contributed by atoms with Crippen molar-refractivity contribution in [1.29, 1.82) is 0 Å². The quantitative estimate of drug-likeness (QED) is 0.851. The predicted octanol–water partition coefficient (Wildman–Crippen LogP) is 0.962. The van der Waals surface area contributed by atoms with E-state index < -0.39 is 5.60 Å². The highest BCUT2D eigenvalue weighted by molar-refractivity contribution is 5.95. The molecule has 0 aliphatic carbocycles. The fourth-order valence-corrected chi connectivity index (χ4v) is 1.67. The smallest absolute Gasteiger partial charge is 0.257 e. The lowest BCUT2D eigenvalue weighted by atomic mass is 10.1. The highest BCUT2D eigenvalue weighted by atomic mass is 16.3. The van der Waals surface area contributed by atoms with Crippen LogP contribution in [0.3, 0.4) is 0 Å². The molecule has 1 amide bonds. The summed E-state index contributed by atoms with van der Waals surface area (Å²) in [5.41, 5.74) is 0.546. The van der Waals surface area contributed by atoms with Gasteiger partial charge in [-0.25, -0.2) is 0 Å². The van der Waals surface area contributed by atoms with Crippen molar-refractivity contribution < 1.29 is 9.90 Å². The van der Waals surface area contributed by atoms with E-state index in [9.17, 15) is 9.90 Å². The van der Waals surface area contributed by atoms with Crippen molar-refractivity contribution in [2.24, 2.45) is 7.05 Å². The average Bonchev–Trinajstić information content (AvgIpc) is 2.54. The summed E-state index contributed by atoms with van der Waals surface area (Å²) in [7, 11) is 1.80. The maximum atomic E-state index is 12.2. The predicted molar refractivity (Wildman–Crippen MR) is 65.8 cm³/mol. The first kappa shape index (κ1) is 13.7. The van der Waals surface area contributed by atoms with Crippen LogP contribution in [0.15, 0.2) is 6.20 Å². The minimum atomic E-state index is -0.887. The van der Waals surface area contributed by atoms with E-state index in [0.717, 1.165) is 5.69 Å². The zero-order valence-corrected chi connectivity index (χ0v) is 11.2. The second kappa shape index (κ2) is 4.87. The van der Waals surface area contributed by atoms with Gasteiger partial charge in [-0.05, 0) is 27.7 Å². The molecule has 1 rings (SSSR count). The molecule has 1 heterocycles. The van der Waals surface area contributed by atoms with Gasteiger partial charge in [-0.2, -0.15) is 5.10 Å². The highest BCUT2D eigenvalue weighted by Gasteiger charge is 2.24. The third kappa shape index (κ3) is 3.30. The molecule has 0 saturated heterocycles. The van der Waals surface area contributed by atoms with E-state index in [0.29, 0.717) is 18.7 Å². The van der Waals surface area contributed by atoms with Gasteiger partial charge in [-0.1, -0.05) is 0 Å². The summed E-state index contributed by atoms with van der Waals surface area (Å²) in [5, 5.41) is 13.8. The average molecular weight is 239 g/mol. The van der Waals surface area contributed by atoms with Gasteiger partial charge in [0, 0.05) is 25.8 Å². The van der Waals surface area contributed by atoms with Gasteiger partial charge >= 0.3 is 0 Å². The van der Waals surface area contributed by atoms with E-state index in [1.165, 1.54) is 0 Å². The van der Waals surface area contributed by atoms with Crippen LogP contribution in [0.25, 0.3) is 0 Å². The molecule has 0 spiro atoms. The van der Waals surface area contributed by atoms with E-state index in [2.05, 4.69) is 5.10 Å². The van der Waals surface area contributed by atoms with Crippen molar-refractivity contribution in [2.45, 2.75) is 33.3 Å². The Morgan fingerprint density at radius 1 is 1.59 bits per heavy atom. The summed E-state index contributed by atoms with van der Waals surface area (Å²) in [6.07, 6.45) is 1.57. The number of rotatable bonds is 4. The Balaban J connectivity index is 2.91. The van der Waals surface area contributed by atoms with Gasteiger partial charge in [0.25, 0.3) is 5.91 Å². The number of hydrogen-bond donors (Lipinski definition) is 1. The van der Waals surface area contributed by atoms with Crippen LogP contribution in [-0.4, -0.2) is 44.4 Å². The Hall–Kier alpha value is -1.36. The number of amides is 1. The second-order valence-corrected chi connectivity index (χ2v) is 4.90. The van der Waals surface area contributed by atoms with Crippen LogP contribution in [-0.2, 0) is 7.05 Å². The van der Waals surface area contributed by atoms with Crippen molar-refractivity contribution in [1.82, 2.24) is 14.7 Å². The van der Waals surface area contributed by atoms with Crippen molar-refractivity contribution in [3.63, 3.8) is 0 Å². The van der Waals surface area contributed by atoms with Gasteiger partial charge < -0.3 is 10.0 Å². The number of hydrogen-bond acceptors (Lipinski definition) is 3. The van der Waals surface area contributed by atoms with Gasteiger partial charge in [0.05, 0.1) is 17.4 Å². The summed E-state index contributed by atoms with van der Waals surface area (Å²) in [5.74, 6) is -0.0831. The molecule has 0 aliphatic rings. The minimum absolute atomic E-state index is 0.0831. The molecular formula is C12H21N3O2. The summed E-state index contributed by atoms with van der Waals surface area (Å²) >= 11 is 0. The molecule has 1 aromatic rings. The van der Waals surface area contributed by atoms with Crippen LogP contribution in [0.2, 0.25) is 0 Å². The van der Waals surface area contributed by atoms with E-state index >= 15 is 0 Å². The number of aliphatic hydroxyl groups is 1. The topological polar surface area (TPSA) is 58.4 Å². The SMILES string of the molecule is CCN(CC(C)(C)O)C(=O)c1cnn(C)c1C. The van der Waals surface area contributed by atoms with Crippen LogP contribution >= 0.6 is 0 Å². The maximum absolute atomic E-state index is 12.2. The standard InChI is InChI=1S/C12H21N3O2/c1-6-15(8-12(3,4)17)11(16)10-7-13-14(5)9(10)2/h7,17H,6,8H2,1-5H3. The third-order valence-corrected chi connectivity index (χ3v) is 2.71. The Kier molecular flexibility index (Phi) is 3.93. The van der Waals surface area contributed by atoms with Crippen LogP contribution in [0.1, 0.15) is 36.8 Å². The lowest BCUT2D eigenvalue weighted by Crippen LogP contribution is -2.42. The molecule has 0 saturated carbocycles. The molecule has 96 valence electrons. The lowest BCUT2D eigenvalue weighted by Gasteiger charge is -2.28. The number of aryl methyl sites for hydroxylation is 1. The molecule has 0 atom stereocenters. The van der Waals surface area contributed by atoms with Gasteiger partial charge in [-0.3, -0.25) is 9.48 Å². The molecule has 1 N–H and O–H groups in total. The third-order valence-electron chi connectivity index (χ3n) is 2.71. The zero-order valence-electron chi connectivity index (χ0n) is 11.2. The van der Waals surface area contributed by atoms with Crippen molar-refractivity contribution in [3.05, 3.63) is 17.5 Å². The summed E-state index contributed by atoms with van der Waals surface area (Å²) < 4.78 is 1.67. The number of likely N-dealkylation sites (N-methyl/N-ethyl adjacent to an activating group) is 1. The number of aromatic nitrogens is 2. The van der Waals surface area contributed by atoms with E-state index in [1.54, 1.807) is 36.7 Å². The van der Waals surface area contributed by atoms with E-state index in [-0.39, 0.29) is 5.91 Å². The molecule has 0 aliphatic heterocycles.